The summed E-state index contributed by atoms with van der Waals surface area (Å²) < 4.78 is 5.32. The van der Waals surface area contributed by atoms with Crippen molar-refractivity contribution < 1.29 is 24.2 Å². The van der Waals surface area contributed by atoms with Crippen molar-refractivity contribution in [2.75, 3.05) is 19.7 Å². The number of rotatable bonds is 5. The van der Waals surface area contributed by atoms with Crippen molar-refractivity contribution in [2.45, 2.75) is 6.42 Å². The summed E-state index contributed by atoms with van der Waals surface area (Å²) in [7, 11) is 0. The number of halogens is 1. The number of carbonyl (C=O) groups excluding carboxylic acids is 2. The topological polar surface area (TPSA) is 110 Å². The number of carboxylic acid groups (broad SMARTS) is 1. The second-order valence-electron chi connectivity index (χ2n) is 4.84. The van der Waals surface area contributed by atoms with Crippen molar-refractivity contribution in [2.24, 2.45) is 11.7 Å². The molecule has 8 heteroatoms. The van der Waals surface area contributed by atoms with E-state index in [2.05, 4.69) is 0 Å². The Labute approximate surface area is 133 Å². The number of likely N-dealkylation sites (tertiary alicyclic amines) is 1. The Kier molecular flexibility index (Phi) is 6.18. The van der Waals surface area contributed by atoms with Crippen molar-refractivity contribution in [3.05, 3.63) is 29.8 Å². The SMILES string of the molecule is Cl.NC(=O)c1ccc(OCC(=O)N2CCC(C(=O)O)C2)cc1. The highest BCUT2D eigenvalue weighted by Gasteiger charge is 2.30. The molecule has 0 aromatic heterocycles. The Morgan fingerprint density at radius 1 is 1.27 bits per heavy atom. The predicted octanol–water partition coefficient (Wildman–Crippen LogP) is 0.519. The Balaban J connectivity index is 0.00000242. The van der Waals surface area contributed by atoms with E-state index in [-0.39, 0.29) is 31.5 Å². The zero-order valence-electron chi connectivity index (χ0n) is 11.7. The van der Waals surface area contributed by atoms with Crippen molar-refractivity contribution in [1.82, 2.24) is 4.90 Å². The number of primary amides is 1. The number of hydrogen-bond donors (Lipinski definition) is 2. The largest absolute Gasteiger partial charge is 0.484 e. The smallest absolute Gasteiger partial charge is 0.308 e. The summed E-state index contributed by atoms with van der Waals surface area (Å²) in [6.07, 6.45) is 0.467. The zero-order chi connectivity index (χ0) is 15.4. The molecule has 1 atom stereocenters. The Morgan fingerprint density at radius 3 is 2.41 bits per heavy atom. The van der Waals surface area contributed by atoms with Gasteiger partial charge in [0.05, 0.1) is 5.92 Å². The van der Waals surface area contributed by atoms with Gasteiger partial charge in [-0.05, 0) is 30.7 Å². The highest BCUT2D eigenvalue weighted by atomic mass is 35.5. The van der Waals surface area contributed by atoms with Crippen LogP contribution in [0.4, 0.5) is 0 Å². The molecule has 22 heavy (non-hydrogen) atoms. The third-order valence-corrected chi connectivity index (χ3v) is 3.39. The van der Waals surface area contributed by atoms with E-state index in [0.717, 1.165) is 0 Å². The van der Waals surface area contributed by atoms with E-state index in [4.69, 9.17) is 15.6 Å². The fraction of sp³-hybridized carbons (Fsp3) is 0.357. The first-order valence-corrected chi connectivity index (χ1v) is 6.50. The van der Waals surface area contributed by atoms with Crippen molar-refractivity contribution in [3.63, 3.8) is 0 Å². The van der Waals surface area contributed by atoms with Crippen LogP contribution in [-0.2, 0) is 9.59 Å². The van der Waals surface area contributed by atoms with E-state index < -0.39 is 17.8 Å². The van der Waals surface area contributed by atoms with Gasteiger partial charge in [0.2, 0.25) is 5.91 Å². The number of nitrogens with two attached hydrogens (primary N) is 1. The van der Waals surface area contributed by atoms with Gasteiger partial charge in [-0.25, -0.2) is 0 Å². The minimum Gasteiger partial charge on any atom is -0.484 e. The molecule has 1 aliphatic rings. The molecule has 0 bridgehead atoms. The molecule has 1 aromatic rings. The van der Waals surface area contributed by atoms with Gasteiger partial charge >= 0.3 is 5.97 Å². The summed E-state index contributed by atoms with van der Waals surface area (Å²) in [6.45, 7) is 0.486. The number of ether oxygens (including phenoxy) is 1. The molecule has 2 amide bonds. The Bertz CT molecular complexity index is 561. The molecular formula is C14H17ClN2O5. The Hall–Kier alpha value is -2.28. The van der Waals surface area contributed by atoms with E-state index in [0.29, 0.717) is 24.3 Å². The Morgan fingerprint density at radius 2 is 1.91 bits per heavy atom. The standard InChI is InChI=1S/C14H16N2O5.ClH/c15-13(18)9-1-3-11(4-2-9)21-8-12(17)16-6-5-10(7-16)14(19)20;/h1-4,10H,5-8H2,(H2,15,18)(H,19,20);1H. The van der Waals surface area contributed by atoms with Gasteiger partial charge in [0.1, 0.15) is 5.75 Å². The molecule has 0 aliphatic carbocycles. The van der Waals surface area contributed by atoms with Crippen LogP contribution < -0.4 is 10.5 Å². The summed E-state index contributed by atoms with van der Waals surface area (Å²) in [4.78, 5) is 35.1. The molecule has 0 saturated carbocycles. The van der Waals surface area contributed by atoms with Crippen LogP contribution in [0.5, 0.6) is 5.75 Å². The second kappa shape index (κ2) is 7.65. The van der Waals surface area contributed by atoms with Crippen LogP contribution in [0, 0.1) is 5.92 Å². The maximum atomic E-state index is 11.9. The molecule has 1 saturated heterocycles. The monoisotopic (exact) mass is 328 g/mol. The normalized spacial score (nSPS) is 16.7. The van der Waals surface area contributed by atoms with E-state index >= 15 is 0 Å². The molecule has 0 radical (unpaired) electrons. The van der Waals surface area contributed by atoms with Gasteiger partial charge in [-0.2, -0.15) is 0 Å². The van der Waals surface area contributed by atoms with Crippen LogP contribution in [0.2, 0.25) is 0 Å². The summed E-state index contributed by atoms with van der Waals surface area (Å²) in [6, 6.07) is 6.13. The molecule has 0 spiro atoms. The van der Waals surface area contributed by atoms with Crippen LogP contribution >= 0.6 is 12.4 Å². The van der Waals surface area contributed by atoms with Gasteiger partial charge < -0.3 is 20.5 Å². The quantitative estimate of drug-likeness (QED) is 0.818. The lowest BCUT2D eigenvalue weighted by Gasteiger charge is -2.16. The number of carbonyl (C=O) groups is 3. The average Bonchev–Trinajstić information content (AvgIpc) is 2.95. The van der Waals surface area contributed by atoms with Crippen molar-refractivity contribution in [1.29, 1.82) is 0 Å². The third kappa shape index (κ3) is 4.36. The van der Waals surface area contributed by atoms with Crippen LogP contribution in [0.15, 0.2) is 24.3 Å². The molecule has 3 N–H and O–H groups in total. The van der Waals surface area contributed by atoms with Gasteiger partial charge in [-0.15, -0.1) is 12.4 Å². The van der Waals surface area contributed by atoms with Crippen molar-refractivity contribution >= 4 is 30.2 Å². The molecule has 2 rings (SSSR count). The van der Waals surface area contributed by atoms with Gasteiger partial charge in [0.25, 0.3) is 5.91 Å². The summed E-state index contributed by atoms with van der Waals surface area (Å²) in [5.41, 5.74) is 5.48. The minimum atomic E-state index is -0.881. The molecule has 1 aliphatic heterocycles. The molecule has 1 aromatic carbocycles. The lowest BCUT2D eigenvalue weighted by Crippen LogP contribution is -2.33. The fourth-order valence-corrected chi connectivity index (χ4v) is 2.14. The third-order valence-electron chi connectivity index (χ3n) is 3.39. The molecular weight excluding hydrogens is 312 g/mol. The van der Waals surface area contributed by atoms with E-state index in [1.165, 1.54) is 17.0 Å². The maximum absolute atomic E-state index is 11.9. The van der Waals surface area contributed by atoms with Crippen LogP contribution in [0.25, 0.3) is 0 Å². The van der Waals surface area contributed by atoms with Crippen LogP contribution in [0.1, 0.15) is 16.8 Å². The summed E-state index contributed by atoms with van der Waals surface area (Å²) in [5, 5.41) is 8.88. The molecule has 1 fully saturated rings. The number of amides is 2. The van der Waals surface area contributed by atoms with Gasteiger partial charge in [-0.3, -0.25) is 14.4 Å². The second-order valence-corrected chi connectivity index (χ2v) is 4.84. The number of aliphatic carboxylic acids is 1. The molecule has 1 heterocycles. The number of benzene rings is 1. The summed E-state index contributed by atoms with van der Waals surface area (Å²) >= 11 is 0. The lowest BCUT2D eigenvalue weighted by atomic mass is 10.1. The first kappa shape index (κ1) is 17.8. The fourth-order valence-electron chi connectivity index (χ4n) is 2.14. The van der Waals surface area contributed by atoms with E-state index in [1.807, 2.05) is 0 Å². The van der Waals surface area contributed by atoms with Crippen LogP contribution in [-0.4, -0.2) is 47.5 Å². The van der Waals surface area contributed by atoms with Crippen molar-refractivity contribution in [3.8, 4) is 5.75 Å². The average molecular weight is 329 g/mol. The molecule has 1 unspecified atom stereocenters. The first-order chi connectivity index (χ1) is 9.97. The predicted molar refractivity (Wildman–Crippen MR) is 80.0 cm³/mol. The zero-order valence-corrected chi connectivity index (χ0v) is 12.5. The molecule has 7 nitrogen and oxygen atoms in total. The highest BCUT2D eigenvalue weighted by molar-refractivity contribution is 5.92. The number of nitrogens with zero attached hydrogens (tertiary/aromatic N) is 1. The minimum absolute atomic E-state index is 0. The number of carboxylic acids is 1. The molecule has 120 valence electrons. The summed E-state index contributed by atoms with van der Waals surface area (Å²) in [5.74, 6) is -1.72. The van der Waals surface area contributed by atoms with Gasteiger partial charge in [-0.1, -0.05) is 0 Å². The first-order valence-electron chi connectivity index (χ1n) is 6.50. The lowest BCUT2D eigenvalue weighted by molar-refractivity contribution is -0.141. The number of hydrogen-bond acceptors (Lipinski definition) is 4. The van der Waals surface area contributed by atoms with E-state index in [1.54, 1.807) is 12.1 Å². The van der Waals surface area contributed by atoms with Gasteiger partial charge in [0, 0.05) is 18.7 Å². The maximum Gasteiger partial charge on any atom is 0.308 e. The van der Waals surface area contributed by atoms with Gasteiger partial charge in [0.15, 0.2) is 6.61 Å². The van der Waals surface area contributed by atoms with Crippen LogP contribution in [0.3, 0.4) is 0 Å². The van der Waals surface area contributed by atoms with E-state index in [9.17, 15) is 14.4 Å². The highest BCUT2D eigenvalue weighted by Crippen LogP contribution is 2.17.